The van der Waals surface area contributed by atoms with Crippen LogP contribution in [0.4, 0.5) is 0 Å². The molecule has 0 radical (unpaired) electrons. The van der Waals surface area contributed by atoms with E-state index in [4.69, 9.17) is 0 Å². The van der Waals surface area contributed by atoms with E-state index in [1.54, 1.807) is 0 Å². The van der Waals surface area contributed by atoms with Crippen LogP contribution in [0.5, 0.6) is 0 Å². The smallest absolute Gasteiger partial charge is 0.0480 e. The number of rotatable bonds is 4. The summed E-state index contributed by atoms with van der Waals surface area (Å²) in [6.45, 7) is 0.902. The normalized spacial score (nSPS) is 12.7. The number of pyridine rings is 1. The number of fused-ring (bicyclic) bond motifs is 1. The second-order valence-corrected chi connectivity index (χ2v) is 5.11. The number of nitrogens with one attached hydrogen (secondary N) is 1. The molecule has 0 bridgehead atoms. The highest BCUT2D eigenvalue weighted by molar-refractivity contribution is 5.85. The maximum atomic E-state index is 4.27. The predicted octanol–water partition coefficient (Wildman–Crippen LogP) is 2.92. The van der Waals surface area contributed by atoms with Crippen molar-refractivity contribution >= 4 is 10.9 Å². The van der Waals surface area contributed by atoms with Crippen LogP contribution in [0.1, 0.15) is 17.0 Å². The van der Waals surface area contributed by atoms with Gasteiger partial charge in [0.05, 0.1) is 0 Å². The second kappa shape index (κ2) is 5.47. The lowest BCUT2D eigenvalue weighted by atomic mass is 9.92. The molecule has 2 heterocycles. The molecule has 0 fully saturated rings. The van der Waals surface area contributed by atoms with Crippen LogP contribution >= 0.6 is 0 Å². The van der Waals surface area contributed by atoms with E-state index in [1.807, 2.05) is 25.5 Å². The predicted molar refractivity (Wildman–Crippen MR) is 82.9 cm³/mol. The lowest BCUT2D eigenvalue weighted by Crippen LogP contribution is -2.18. The van der Waals surface area contributed by atoms with Gasteiger partial charge in [-0.1, -0.05) is 24.3 Å². The largest absolute Gasteiger partial charge is 0.350 e. The monoisotopic (exact) mass is 265 g/mol. The Kier molecular flexibility index (Phi) is 3.52. The van der Waals surface area contributed by atoms with Crippen LogP contribution in [0.2, 0.25) is 0 Å². The zero-order chi connectivity index (χ0) is 13.9. The Labute approximate surface area is 119 Å². The third kappa shape index (κ3) is 2.21. The lowest BCUT2D eigenvalue weighted by Gasteiger charge is -2.16. The number of benzene rings is 1. The van der Waals surface area contributed by atoms with Gasteiger partial charge in [0, 0.05) is 49.0 Å². The Bertz CT molecular complexity index is 701. The molecule has 0 aliphatic heterocycles. The summed E-state index contributed by atoms with van der Waals surface area (Å²) in [4.78, 5) is 4.27. The van der Waals surface area contributed by atoms with Crippen molar-refractivity contribution in [3.8, 4) is 0 Å². The number of aromatic nitrogens is 2. The van der Waals surface area contributed by atoms with Crippen LogP contribution in [0.25, 0.3) is 10.9 Å². The Hall–Kier alpha value is -2.13. The summed E-state index contributed by atoms with van der Waals surface area (Å²) in [5.74, 6) is 0.319. The third-order valence-corrected chi connectivity index (χ3v) is 3.80. The van der Waals surface area contributed by atoms with Crippen molar-refractivity contribution in [2.45, 2.75) is 5.92 Å². The summed E-state index contributed by atoms with van der Waals surface area (Å²) >= 11 is 0. The van der Waals surface area contributed by atoms with E-state index in [2.05, 4.69) is 58.4 Å². The minimum Gasteiger partial charge on any atom is -0.350 e. The van der Waals surface area contributed by atoms with Gasteiger partial charge in [0.25, 0.3) is 0 Å². The van der Waals surface area contributed by atoms with Crippen molar-refractivity contribution in [1.82, 2.24) is 14.9 Å². The maximum Gasteiger partial charge on any atom is 0.0480 e. The first-order valence-corrected chi connectivity index (χ1v) is 6.89. The van der Waals surface area contributed by atoms with Gasteiger partial charge in [-0.2, -0.15) is 0 Å². The summed E-state index contributed by atoms with van der Waals surface area (Å²) in [6.07, 6.45) is 6.02. The Balaban J connectivity index is 2.15. The molecule has 3 heteroatoms. The zero-order valence-electron chi connectivity index (χ0n) is 11.9. The van der Waals surface area contributed by atoms with E-state index in [-0.39, 0.29) is 0 Å². The molecule has 20 heavy (non-hydrogen) atoms. The fourth-order valence-corrected chi connectivity index (χ4v) is 2.84. The van der Waals surface area contributed by atoms with Gasteiger partial charge in [-0.3, -0.25) is 4.98 Å². The molecule has 1 unspecified atom stereocenters. The molecule has 102 valence electrons. The van der Waals surface area contributed by atoms with E-state index < -0.39 is 0 Å². The molecular weight excluding hydrogens is 246 g/mol. The van der Waals surface area contributed by atoms with E-state index in [0.717, 1.165) is 6.54 Å². The lowest BCUT2D eigenvalue weighted by molar-refractivity contribution is 0.707. The van der Waals surface area contributed by atoms with Crippen LogP contribution in [-0.4, -0.2) is 23.1 Å². The van der Waals surface area contributed by atoms with Crippen LogP contribution < -0.4 is 5.32 Å². The number of hydrogen-bond donors (Lipinski definition) is 1. The average molecular weight is 265 g/mol. The molecule has 2 aromatic heterocycles. The molecule has 1 atom stereocenters. The van der Waals surface area contributed by atoms with Gasteiger partial charge >= 0.3 is 0 Å². The highest BCUT2D eigenvalue weighted by atomic mass is 14.9. The van der Waals surface area contributed by atoms with E-state index in [1.165, 1.54) is 22.0 Å². The first-order valence-electron chi connectivity index (χ1n) is 6.89. The number of para-hydroxylation sites is 1. The highest BCUT2D eigenvalue weighted by Gasteiger charge is 2.18. The van der Waals surface area contributed by atoms with Crippen molar-refractivity contribution < 1.29 is 0 Å². The second-order valence-electron chi connectivity index (χ2n) is 5.11. The quantitative estimate of drug-likeness (QED) is 0.786. The summed E-state index contributed by atoms with van der Waals surface area (Å²) in [5, 5.41) is 4.62. The van der Waals surface area contributed by atoms with E-state index >= 15 is 0 Å². The zero-order valence-corrected chi connectivity index (χ0v) is 11.9. The molecule has 0 spiro atoms. The van der Waals surface area contributed by atoms with Gasteiger partial charge in [0.15, 0.2) is 0 Å². The van der Waals surface area contributed by atoms with Crippen LogP contribution in [0.15, 0.2) is 55.0 Å². The molecule has 0 amide bonds. The highest BCUT2D eigenvalue weighted by Crippen LogP contribution is 2.31. The third-order valence-electron chi connectivity index (χ3n) is 3.80. The van der Waals surface area contributed by atoms with E-state index in [0.29, 0.717) is 5.92 Å². The first-order chi connectivity index (χ1) is 9.81. The molecule has 1 N–H and O–H groups in total. The summed E-state index contributed by atoms with van der Waals surface area (Å²) in [6, 6.07) is 12.7. The Morgan fingerprint density at radius 2 is 2.05 bits per heavy atom. The van der Waals surface area contributed by atoms with Crippen LogP contribution in [0, 0.1) is 0 Å². The van der Waals surface area contributed by atoms with Gasteiger partial charge in [0.1, 0.15) is 0 Å². The molecule has 1 aromatic carbocycles. The molecule has 0 aliphatic carbocycles. The Morgan fingerprint density at radius 1 is 1.20 bits per heavy atom. The number of hydrogen-bond acceptors (Lipinski definition) is 2. The number of likely N-dealkylation sites (N-methyl/N-ethyl adjacent to an activating group) is 1. The number of aryl methyl sites for hydroxylation is 1. The molecule has 0 aliphatic rings. The minimum atomic E-state index is 0.319. The molecule has 3 aromatic rings. The van der Waals surface area contributed by atoms with Gasteiger partial charge < -0.3 is 9.88 Å². The molecule has 3 rings (SSSR count). The average Bonchev–Trinajstić information content (AvgIpc) is 2.83. The van der Waals surface area contributed by atoms with Gasteiger partial charge in [-0.15, -0.1) is 0 Å². The molecule has 3 nitrogen and oxygen atoms in total. The topological polar surface area (TPSA) is 29.9 Å². The van der Waals surface area contributed by atoms with Gasteiger partial charge in [0.2, 0.25) is 0 Å². The van der Waals surface area contributed by atoms with Crippen molar-refractivity contribution in [3.05, 3.63) is 66.1 Å². The molecular formula is C17H19N3. The summed E-state index contributed by atoms with van der Waals surface area (Å²) in [5.41, 5.74) is 3.87. The fourth-order valence-electron chi connectivity index (χ4n) is 2.84. The fraction of sp³-hybridized carbons (Fsp3) is 0.235. The Morgan fingerprint density at radius 3 is 2.80 bits per heavy atom. The maximum absolute atomic E-state index is 4.27. The van der Waals surface area contributed by atoms with Crippen LogP contribution in [0.3, 0.4) is 0 Å². The number of nitrogens with zero attached hydrogens (tertiary/aromatic N) is 2. The van der Waals surface area contributed by atoms with Gasteiger partial charge in [-0.05, 0) is 30.3 Å². The van der Waals surface area contributed by atoms with Crippen molar-refractivity contribution in [2.24, 2.45) is 7.05 Å². The molecule has 0 saturated heterocycles. The first kappa shape index (κ1) is 12.9. The SMILES string of the molecule is CNCC(c1cccnc1)c1cn(C)c2ccccc12. The summed E-state index contributed by atoms with van der Waals surface area (Å²) < 4.78 is 2.20. The van der Waals surface area contributed by atoms with Gasteiger partial charge in [-0.25, -0.2) is 0 Å². The van der Waals surface area contributed by atoms with Crippen LogP contribution in [-0.2, 0) is 7.05 Å². The summed E-state index contributed by atoms with van der Waals surface area (Å²) in [7, 11) is 4.10. The van der Waals surface area contributed by atoms with Crippen molar-refractivity contribution in [2.75, 3.05) is 13.6 Å². The van der Waals surface area contributed by atoms with E-state index in [9.17, 15) is 0 Å². The standard InChI is InChI=1S/C17H19N3/c1-18-11-15(13-6-5-9-19-10-13)16-12-20(2)17-8-4-3-7-14(16)17/h3-10,12,15,18H,11H2,1-2H3. The van der Waals surface area contributed by atoms with Crippen molar-refractivity contribution in [1.29, 1.82) is 0 Å². The molecule has 0 saturated carbocycles. The minimum absolute atomic E-state index is 0.319. The van der Waals surface area contributed by atoms with Crippen molar-refractivity contribution in [3.63, 3.8) is 0 Å².